The van der Waals surface area contributed by atoms with E-state index in [1.165, 1.54) is 0 Å². The summed E-state index contributed by atoms with van der Waals surface area (Å²) in [4.78, 5) is 0. The van der Waals surface area contributed by atoms with Gasteiger partial charge in [0.15, 0.2) is 9.84 Å². The van der Waals surface area contributed by atoms with E-state index in [1.807, 2.05) is 35.1 Å². The third-order valence-corrected chi connectivity index (χ3v) is 5.31. The Bertz CT molecular complexity index is 678. The first-order valence-electron chi connectivity index (χ1n) is 6.48. The van der Waals surface area contributed by atoms with Gasteiger partial charge in [0.05, 0.1) is 29.8 Å². The molecule has 0 saturated carbocycles. The standard InChI is InChI=1S/C13H17N3O2S/c17-19(18)8-5-12(10-19)14-6-7-16-13-4-2-1-3-11(13)9-15-16/h1-4,9,12,14H,5-8,10H2. The Labute approximate surface area is 112 Å². The third-order valence-electron chi connectivity index (χ3n) is 3.54. The first-order valence-corrected chi connectivity index (χ1v) is 8.30. The Hall–Kier alpha value is -1.40. The van der Waals surface area contributed by atoms with Gasteiger partial charge in [-0.25, -0.2) is 8.42 Å². The van der Waals surface area contributed by atoms with Gasteiger partial charge >= 0.3 is 0 Å². The second-order valence-electron chi connectivity index (χ2n) is 4.98. The molecule has 5 nitrogen and oxygen atoms in total. The first kappa shape index (κ1) is 12.6. The van der Waals surface area contributed by atoms with Crippen LogP contribution < -0.4 is 5.32 Å². The SMILES string of the molecule is O=S1(=O)CCC(NCCn2ncc3ccccc32)C1. The third kappa shape index (κ3) is 2.79. The fourth-order valence-electron chi connectivity index (χ4n) is 2.53. The molecular weight excluding hydrogens is 262 g/mol. The molecule has 0 radical (unpaired) electrons. The number of nitrogens with one attached hydrogen (secondary N) is 1. The van der Waals surface area contributed by atoms with Gasteiger partial charge in [0, 0.05) is 18.0 Å². The average molecular weight is 279 g/mol. The summed E-state index contributed by atoms with van der Waals surface area (Å²) in [6.07, 6.45) is 2.58. The number of nitrogens with zero attached hydrogens (tertiary/aromatic N) is 2. The van der Waals surface area contributed by atoms with Crippen molar-refractivity contribution in [2.45, 2.75) is 19.0 Å². The number of rotatable bonds is 4. The van der Waals surface area contributed by atoms with Gasteiger partial charge in [0.2, 0.25) is 0 Å². The van der Waals surface area contributed by atoms with Gasteiger partial charge < -0.3 is 5.32 Å². The van der Waals surface area contributed by atoms with Crippen LogP contribution in [-0.4, -0.2) is 42.3 Å². The molecule has 0 aliphatic carbocycles. The Morgan fingerprint density at radius 3 is 3.00 bits per heavy atom. The van der Waals surface area contributed by atoms with E-state index in [9.17, 15) is 8.42 Å². The van der Waals surface area contributed by atoms with Crippen molar-refractivity contribution >= 4 is 20.7 Å². The quantitative estimate of drug-likeness (QED) is 0.899. The topological polar surface area (TPSA) is 64.0 Å². The van der Waals surface area contributed by atoms with Crippen LogP contribution in [0.4, 0.5) is 0 Å². The molecule has 6 heteroatoms. The lowest BCUT2D eigenvalue weighted by atomic mass is 10.2. The minimum atomic E-state index is -2.80. The van der Waals surface area contributed by atoms with E-state index in [4.69, 9.17) is 0 Å². The van der Waals surface area contributed by atoms with Crippen molar-refractivity contribution in [3.05, 3.63) is 30.5 Å². The van der Waals surface area contributed by atoms with E-state index in [-0.39, 0.29) is 11.8 Å². The maximum atomic E-state index is 11.4. The monoisotopic (exact) mass is 279 g/mol. The predicted octanol–water partition coefficient (Wildman–Crippen LogP) is 0.813. The normalized spacial score (nSPS) is 22.0. The molecule has 1 fully saturated rings. The van der Waals surface area contributed by atoms with E-state index in [0.717, 1.165) is 30.4 Å². The molecule has 1 aliphatic heterocycles. The van der Waals surface area contributed by atoms with E-state index in [2.05, 4.69) is 10.4 Å². The molecule has 2 heterocycles. The summed E-state index contributed by atoms with van der Waals surface area (Å²) < 4.78 is 24.7. The molecular formula is C13H17N3O2S. The number of hydrogen-bond acceptors (Lipinski definition) is 4. The molecule has 2 aromatic rings. The highest BCUT2D eigenvalue weighted by atomic mass is 32.2. The van der Waals surface area contributed by atoms with Gasteiger partial charge in [-0.15, -0.1) is 0 Å². The molecule has 1 aromatic carbocycles. The molecule has 1 saturated heterocycles. The van der Waals surface area contributed by atoms with Gasteiger partial charge in [-0.2, -0.15) is 5.10 Å². The van der Waals surface area contributed by atoms with Crippen LogP contribution >= 0.6 is 0 Å². The smallest absolute Gasteiger partial charge is 0.151 e. The molecule has 102 valence electrons. The number of para-hydroxylation sites is 1. The Balaban J connectivity index is 1.58. The van der Waals surface area contributed by atoms with Gasteiger partial charge in [-0.05, 0) is 12.5 Å². The summed E-state index contributed by atoms with van der Waals surface area (Å²) in [5.41, 5.74) is 1.11. The lowest BCUT2D eigenvalue weighted by Crippen LogP contribution is -2.32. The van der Waals surface area contributed by atoms with E-state index in [1.54, 1.807) is 0 Å². The van der Waals surface area contributed by atoms with Gasteiger partial charge in [0.25, 0.3) is 0 Å². The van der Waals surface area contributed by atoms with Gasteiger partial charge in [0.1, 0.15) is 0 Å². The molecule has 1 aliphatic rings. The van der Waals surface area contributed by atoms with E-state index >= 15 is 0 Å². The fraction of sp³-hybridized carbons (Fsp3) is 0.462. The van der Waals surface area contributed by atoms with Crippen LogP contribution in [0.1, 0.15) is 6.42 Å². The van der Waals surface area contributed by atoms with Crippen molar-refractivity contribution in [3.8, 4) is 0 Å². The Morgan fingerprint density at radius 2 is 2.21 bits per heavy atom. The Morgan fingerprint density at radius 1 is 1.37 bits per heavy atom. The molecule has 1 atom stereocenters. The van der Waals surface area contributed by atoms with Crippen LogP contribution in [-0.2, 0) is 16.4 Å². The Kier molecular flexibility index (Phi) is 3.28. The highest BCUT2D eigenvalue weighted by molar-refractivity contribution is 7.91. The molecule has 0 amide bonds. The highest BCUT2D eigenvalue weighted by Crippen LogP contribution is 2.13. The maximum Gasteiger partial charge on any atom is 0.151 e. The van der Waals surface area contributed by atoms with Crippen molar-refractivity contribution in [2.75, 3.05) is 18.1 Å². The molecule has 0 bridgehead atoms. The maximum absolute atomic E-state index is 11.4. The number of fused-ring (bicyclic) bond motifs is 1. The van der Waals surface area contributed by atoms with Crippen molar-refractivity contribution in [1.29, 1.82) is 0 Å². The average Bonchev–Trinajstić information content (AvgIpc) is 2.94. The van der Waals surface area contributed by atoms with Crippen LogP contribution in [0.5, 0.6) is 0 Å². The molecule has 1 unspecified atom stereocenters. The zero-order valence-electron chi connectivity index (χ0n) is 10.6. The molecule has 19 heavy (non-hydrogen) atoms. The zero-order chi connectivity index (χ0) is 13.3. The second kappa shape index (κ2) is 4.94. The molecule has 1 aromatic heterocycles. The van der Waals surface area contributed by atoms with E-state index < -0.39 is 9.84 Å². The van der Waals surface area contributed by atoms with Crippen LogP contribution in [0, 0.1) is 0 Å². The number of aromatic nitrogens is 2. The summed E-state index contributed by atoms with van der Waals surface area (Å²) in [5, 5.41) is 8.78. The highest BCUT2D eigenvalue weighted by Gasteiger charge is 2.27. The van der Waals surface area contributed by atoms with Gasteiger partial charge in [-0.1, -0.05) is 18.2 Å². The summed E-state index contributed by atoms with van der Waals surface area (Å²) in [6, 6.07) is 8.18. The number of sulfone groups is 1. The van der Waals surface area contributed by atoms with Crippen LogP contribution in [0.3, 0.4) is 0 Å². The van der Waals surface area contributed by atoms with Crippen LogP contribution in [0.2, 0.25) is 0 Å². The predicted molar refractivity (Wildman–Crippen MR) is 74.8 cm³/mol. The minimum absolute atomic E-state index is 0.104. The van der Waals surface area contributed by atoms with Crippen molar-refractivity contribution in [3.63, 3.8) is 0 Å². The molecule has 1 N–H and O–H groups in total. The molecule has 3 rings (SSSR count). The molecule has 0 spiro atoms. The minimum Gasteiger partial charge on any atom is -0.311 e. The summed E-state index contributed by atoms with van der Waals surface area (Å²) in [5.74, 6) is 0.586. The number of benzene rings is 1. The summed E-state index contributed by atoms with van der Waals surface area (Å²) in [6.45, 7) is 1.50. The summed E-state index contributed by atoms with van der Waals surface area (Å²) in [7, 11) is -2.80. The lowest BCUT2D eigenvalue weighted by molar-refractivity contribution is 0.506. The lowest BCUT2D eigenvalue weighted by Gasteiger charge is -2.10. The second-order valence-corrected chi connectivity index (χ2v) is 7.21. The van der Waals surface area contributed by atoms with Crippen molar-refractivity contribution in [1.82, 2.24) is 15.1 Å². The van der Waals surface area contributed by atoms with E-state index in [0.29, 0.717) is 5.75 Å². The van der Waals surface area contributed by atoms with Crippen LogP contribution in [0.15, 0.2) is 30.5 Å². The number of hydrogen-bond donors (Lipinski definition) is 1. The van der Waals surface area contributed by atoms with Crippen LogP contribution in [0.25, 0.3) is 10.9 Å². The van der Waals surface area contributed by atoms with Crippen molar-refractivity contribution in [2.24, 2.45) is 0 Å². The zero-order valence-corrected chi connectivity index (χ0v) is 11.4. The largest absolute Gasteiger partial charge is 0.311 e. The van der Waals surface area contributed by atoms with Crippen molar-refractivity contribution < 1.29 is 8.42 Å². The summed E-state index contributed by atoms with van der Waals surface area (Å²) >= 11 is 0. The van der Waals surface area contributed by atoms with Gasteiger partial charge in [-0.3, -0.25) is 4.68 Å². The first-order chi connectivity index (χ1) is 9.14. The fourth-order valence-corrected chi connectivity index (χ4v) is 4.24.